The molecular weight excluding hydrogens is 268 g/mol. The molecule has 0 rings (SSSR count). The second kappa shape index (κ2) is 9.55. The zero-order chi connectivity index (χ0) is 8.41. The molecule has 0 aliphatic heterocycles. The third-order valence-corrected chi connectivity index (χ3v) is 0.766. The predicted molar refractivity (Wildman–Crippen MR) is 32.5 cm³/mol. The van der Waals surface area contributed by atoms with Crippen LogP contribution in [0.2, 0.25) is 0 Å². The molecule has 9 nitrogen and oxygen atoms in total. The van der Waals surface area contributed by atoms with E-state index in [-0.39, 0.29) is 89.9 Å². The van der Waals surface area contributed by atoms with Crippen molar-refractivity contribution in [2.45, 2.75) is 0 Å². The molecule has 0 saturated heterocycles. The fraction of sp³-hybridized carbons (Fsp3) is 0. The zero-order valence-corrected chi connectivity index (χ0v) is 13.6. The van der Waals surface area contributed by atoms with E-state index in [1.807, 2.05) is 0 Å². The first-order valence-electron chi connectivity index (χ1n) is 1.53. The van der Waals surface area contributed by atoms with Crippen molar-refractivity contribution in [2.75, 3.05) is 0 Å². The van der Waals surface area contributed by atoms with Gasteiger partial charge in [0.1, 0.15) is 0 Å². The molecule has 0 fully saturated rings. The van der Waals surface area contributed by atoms with Crippen LogP contribution < -0.4 is 87.1 Å². The molecule has 74 valence electrons. The van der Waals surface area contributed by atoms with E-state index in [0.29, 0.717) is 0 Å². The van der Waals surface area contributed by atoms with Gasteiger partial charge in [0.15, 0.2) is 0 Å². The topological polar surface area (TPSA) is 162 Å². The first kappa shape index (κ1) is 24.5. The van der Waals surface area contributed by atoms with Crippen molar-refractivity contribution in [3.8, 4) is 0 Å². The third-order valence-electron chi connectivity index (χ3n) is 0.200. The van der Waals surface area contributed by atoms with Crippen molar-refractivity contribution in [3.05, 3.63) is 0 Å². The summed E-state index contributed by atoms with van der Waals surface area (Å²) in [5.41, 5.74) is 0. The van der Waals surface area contributed by atoms with Gasteiger partial charge in [-0.2, -0.15) is 16.8 Å². The number of rotatable bonds is 3. The van der Waals surface area contributed by atoms with Crippen molar-refractivity contribution in [1.82, 2.24) is 6.15 Å². The first-order valence-corrected chi connectivity index (χ1v) is 4.26. The van der Waals surface area contributed by atoms with Crippen molar-refractivity contribution in [3.63, 3.8) is 0 Å². The molecule has 0 amide bonds. The van der Waals surface area contributed by atoms with Crippen molar-refractivity contribution in [1.29, 1.82) is 0 Å². The van der Waals surface area contributed by atoms with Gasteiger partial charge in [-0.15, -0.1) is 0 Å². The minimum atomic E-state index is -5.02. The minimum absolute atomic E-state index is 0. The Labute approximate surface area is 143 Å². The number of hydrogen-bond acceptors (Lipinski definition) is 7. The predicted octanol–water partition coefficient (Wildman–Crippen LogP) is -7.06. The van der Waals surface area contributed by atoms with E-state index >= 15 is 0 Å². The molecule has 0 atom stereocenters. The summed E-state index contributed by atoms with van der Waals surface area (Å²) >= 11 is 0. The first-order chi connectivity index (χ1) is 4.21. The third kappa shape index (κ3) is 25.0. The average Bonchev–Trinajstić information content (AvgIpc) is 1.57. The molecule has 0 radical (unpaired) electrons. The van der Waals surface area contributed by atoms with E-state index in [4.69, 9.17) is 9.11 Å². The molecule has 13 heteroatoms. The largest absolute Gasteiger partial charge is 1.00 e. The SMILES string of the molecule is N.O=S(=O)(O)OOS(=O)(=O)O.[H-].[H-].[K+].[Na+]. The van der Waals surface area contributed by atoms with Gasteiger partial charge in [-0.3, -0.25) is 9.11 Å². The van der Waals surface area contributed by atoms with E-state index in [9.17, 15) is 16.8 Å². The molecule has 0 aromatic carbocycles. The molecule has 0 aromatic rings. The number of hydrogen-bond donors (Lipinski definition) is 3. The Morgan fingerprint density at radius 2 is 1.08 bits per heavy atom. The van der Waals surface area contributed by atoms with Gasteiger partial charge in [0.25, 0.3) is 0 Å². The van der Waals surface area contributed by atoms with Crippen molar-refractivity contribution >= 4 is 20.8 Å². The molecule has 0 saturated carbocycles. The molecule has 0 bridgehead atoms. The van der Waals surface area contributed by atoms with Gasteiger partial charge in [-0.05, 0) is 0 Å². The molecule has 0 unspecified atom stereocenters. The second-order valence-electron chi connectivity index (χ2n) is 0.992. The monoisotopic (exact) mass is 275 g/mol. The molecule has 0 aliphatic rings. The van der Waals surface area contributed by atoms with E-state index in [1.54, 1.807) is 0 Å². The molecule has 0 aliphatic carbocycles. The summed E-state index contributed by atoms with van der Waals surface area (Å²) in [6.07, 6.45) is 0. The van der Waals surface area contributed by atoms with Crippen LogP contribution in [0.15, 0.2) is 0 Å². The van der Waals surface area contributed by atoms with Crippen molar-refractivity contribution in [2.24, 2.45) is 0 Å². The Bertz CT molecular complexity index is 267. The standard InChI is InChI=1S/K.H3N.Na.H2O8S2.2H/c;;;1-9(2,3)7-8-10(4,5)6;;/h;1H3;;(H,1,2,3)(H,4,5,6);;/q+1;;+1;;2*-1. The minimum Gasteiger partial charge on any atom is -1.00 e. The van der Waals surface area contributed by atoms with Crippen LogP contribution in [0, 0.1) is 0 Å². The van der Waals surface area contributed by atoms with Crippen LogP contribution in [0.4, 0.5) is 0 Å². The van der Waals surface area contributed by atoms with Gasteiger partial charge in [-0.25, -0.2) is 0 Å². The van der Waals surface area contributed by atoms with Crippen LogP contribution in [-0.2, 0) is 29.5 Å². The van der Waals surface area contributed by atoms with Gasteiger partial charge in [-0.1, -0.05) is 8.67 Å². The Morgan fingerprint density at radius 1 is 0.923 bits per heavy atom. The van der Waals surface area contributed by atoms with Gasteiger partial charge in [0.2, 0.25) is 0 Å². The maximum atomic E-state index is 9.51. The molecule has 13 heavy (non-hydrogen) atoms. The second-order valence-corrected chi connectivity index (χ2v) is 2.97. The van der Waals surface area contributed by atoms with Crippen LogP contribution in [0.3, 0.4) is 0 Å². The van der Waals surface area contributed by atoms with Gasteiger partial charge < -0.3 is 9.00 Å². The quantitative estimate of drug-likeness (QED) is 0.196. The fourth-order valence-electron chi connectivity index (χ4n) is 0.0702. The summed E-state index contributed by atoms with van der Waals surface area (Å²) < 4.78 is 58.9. The van der Waals surface area contributed by atoms with E-state index in [2.05, 4.69) is 8.67 Å². The molecule has 5 N–H and O–H groups in total. The molecule has 0 heterocycles. The summed E-state index contributed by atoms with van der Waals surface area (Å²) in [4.78, 5) is 0. The Balaban J connectivity index is -0.0000000405. The van der Waals surface area contributed by atoms with E-state index in [1.165, 1.54) is 0 Å². The van der Waals surface area contributed by atoms with Gasteiger partial charge >= 0.3 is 102 Å². The smallest absolute Gasteiger partial charge is 1.00 e. The normalized spacial score (nSPS) is 10.3. The van der Waals surface area contributed by atoms with E-state index in [0.717, 1.165) is 0 Å². The molecular formula is H7KNNaO8S2. The molecule has 0 aromatic heterocycles. The van der Waals surface area contributed by atoms with Gasteiger partial charge in [0, 0.05) is 0 Å². The zero-order valence-electron chi connectivity index (χ0n) is 8.87. The summed E-state index contributed by atoms with van der Waals surface area (Å²) in [7, 11) is -10.0. The molecule has 0 spiro atoms. The average molecular weight is 275 g/mol. The maximum Gasteiger partial charge on any atom is 1.00 e. The summed E-state index contributed by atoms with van der Waals surface area (Å²) in [5.74, 6) is 0. The van der Waals surface area contributed by atoms with Gasteiger partial charge in [0.05, 0.1) is 0 Å². The maximum absolute atomic E-state index is 9.51. The summed E-state index contributed by atoms with van der Waals surface area (Å²) in [5, 5.41) is 0. The van der Waals surface area contributed by atoms with Crippen LogP contribution in [0.25, 0.3) is 0 Å². The van der Waals surface area contributed by atoms with Crippen LogP contribution in [-0.4, -0.2) is 25.9 Å². The van der Waals surface area contributed by atoms with Crippen LogP contribution >= 0.6 is 0 Å². The van der Waals surface area contributed by atoms with E-state index < -0.39 is 20.8 Å². The Kier molecular flexibility index (Phi) is 18.0. The van der Waals surface area contributed by atoms with Crippen LogP contribution in [0.1, 0.15) is 2.85 Å². The summed E-state index contributed by atoms with van der Waals surface area (Å²) in [6.45, 7) is 0. The fourth-order valence-corrected chi connectivity index (χ4v) is 0.632. The van der Waals surface area contributed by atoms with Crippen molar-refractivity contribution < 1.29 is 118 Å². The summed E-state index contributed by atoms with van der Waals surface area (Å²) in [6, 6.07) is 0. The Hall–Kier alpha value is 2.34. The van der Waals surface area contributed by atoms with Crippen LogP contribution in [0.5, 0.6) is 0 Å². The Morgan fingerprint density at radius 3 is 1.15 bits per heavy atom.